The monoisotopic (exact) mass is 533 g/mol. The number of imidazole rings is 1. The van der Waals surface area contributed by atoms with Crippen molar-refractivity contribution in [2.24, 2.45) is 11.5 Å². The molecule has 0 aliphatic rings. The summed E-state index contributed by atoms with van der Waals surface area (Å²) in [5.74, 6) is -1.37. The first-order chi connectivity index (χ1) is 18.3. The van der Waals surface area contributed by atoms with Gasteiger partial charge in [0, 0.05) is 17.5 Å². The number of primary amides is 1. The fourth-order valence-corrected chi connectivity index (χ4v) is 4.81. The molecule has 10 nitrogen and oxygen atoms in total. The number of aromatic nitrogens is 3. The molecule has 2 aromatic heterocycles. The van der Waals surface area contributed by atoms with Gasteiger partial charge in [0.2, 0.25) is 11.9 Å². The molecule has 2 amide bonds. The minimum Gasteiger partial charge on any atom is -0.366 e. The molecule has 0 spiro atoms. The van der Waals surface area contributed by atoms with Crippen LogP contribution < -0.4 is 22.1 Å². The summed E-state index contributed by atoms with van der Waals surface area (Å²) in [4.78, 5) is 47.7. The van der Waals surface area contributed by atoms with E-state index in [1.807, 2.05) is 47.2 Å². The van der Waals surface area contributed by atoms with E-state index in [-0.39, 0.29) is 12.4 Å². The average molecular weight is 534 g/mol. The Morgan fingerprint density at radius 1 is 1.11 bits per heavy atom. The molecule has 2 atom stereocenters. The molecular formula is C27H31N7O3S. The summed E-state index contributed by atoms with van der Waals surface area (Å²) in [7, 11) is 0. The predicted octanol–water partition coefficient (Wildman–Crippen LogP) is 3.26. The Balaban J connectivity index is 1.64. The van der Waals surface area contributed by atoms with E-state index in [4.69, 9.17) is 11.5 Å². The molecule has 0 unspecified atom stereocenters. The Morgan fingerprint density at radius 2 is 1.87 bits per heavy atom. The summed E-state index contributed by atoms with van der Waals surface area (Å²) >= 11 is 1.30. The molecule has 0 fully saturated rings. The van der Waals surface area contributed by atoms with Crippen molar-refractivity contribution in [3.05, 3.63) is 70.7 Å². The number of nitrogens with zero attached hydrogens (tertiary/aromatic N) is 3. The Morgan fingerprint density at radius 3 is 2.53 bits per heavy atom. The van der Waals surface area contributed by atoms with Crippen LogP contribution in [0, 0.1) is 6.92 Å². The lowest BCUT2D eigenvalue weighted by molar-refractivity contribution is -0.127. The number of rotatable bonds is 12. The lowest BCUT2D eigenvalue weighted by Gasteiger charge is -2.21. The van der Waals surface area contributed by atoms with Crippen molar-refractivity contribution in [1.82, 2.24) is 14.5 Å². The molecule has 0 saturated heterocycles. The Labute approximate surface area is 224 Å². The Hall–Kier alpha value is -4.09. The van der Waals surface area contributed by atoms with Crippen LogP contribution in [0.4, 0.5) is 11.1 Å². The number of anilines is 2. The number of aryl methyl sites for hydroxylation is 2. The van der Waals surface area contributed by atoms with E-state index in [9.17, 15) is 14.4 Å². The molecule has 4 aromatic rings. The van der Waals surface area contributed by atoms with Gasteiger partial charge in [0.1, 0.15) is 0 Å². The fraction of sp³-hybridized carbons (Fsp3) is 0.296. The molecule has 38 heavy (non-hydrogen) atoms. The maximum absolute atomic E-state index is 13.6. The van der Waals surface area contributed by atoms with Crippen molar-refractivity contribution in [3.63, 3.8) is 0 Å². The maximum atomic E-state index is 13.6. The van der Waals surface area contributed by atoms with Gasteiger partial charge in [-0.1, -0.05) is 43.7 Å². The zero-order valence-electron chi connectivity index (χ0n) is 21.3. The summed E-state index contributed by atoms with van der Waals surface area (Å²) in [5.41, 5.74) is 15.0. The summed E-state index contributed by atoms with van der Waals surface area (Å²) in [6.45, 7) is 4.48. The molecule has 2 heterocycles. The van der Waals surface area contributed by atoms with Crippen LogP contribution in [0.2, 0.25) is 0 Å². The van der Waals surface area contributed by atoms with Crippen LogP contribution >= 0.6 is 11.3 Å². The van der Waals surface area contributed by atoms with Crippen molar-refractivity contribution in [2.75, 3.05) is 10.6 Å². The van der Waals surface area contributed by atoms with Gasteiger partial charge in [0.15, 0.2) is 17.0 Å². The second-order valence-electron chi connectivity index (χ2n) is 9.07. The van der Waals surface area contributed by atoms with Gasteiger partial charge in [-0.25, -0.2) is 9.97 Å². The van der Waals surface area contributed by atoms with Crippen molar-refractivity contribution < 1.29 is 14.4 Å². The largest absolute Gasteiger partial charge is 0.366 e. The number of ketones is 1. The number of nitrogens with one attached hydrogen (secondary N) is 2. The third-order valence-electron chi connectivity index (χ3n) is 6.10. The number of Topliss-reactive ketones (excluding diaryl/α,β-unsaturated/α-hetero) is 1. The minimum atomic E-state index is -1.29. The first kappa shape index (κ1) is 27.0. The fourth-order valence-electron chi connectivity index (χ4n) is 4.10. The number of thiazole rings is 1. The molecule has 11 heteroatoms. The molecule has 198 valence electrons. The highest BCUT2D eigenvalue weighted by Crippen LogP contribution is 2.23. The zero-order chi connectivity index (χ0) is 27.2. The summed E-state index contributed by atoms with van der Waals surface area (Å²) in [6, 6.07) is 12.2. The van der Waals surface area contributed by atoms with Gasteiger partial charge >= 0.3 is 0 Å². The molecule has 0 saturated carbocycles. The maximum Gasteiger partial charge on any atom is 0.257 e. The third kappa shape index (κ3) is 6.24. The van der Waals surface area contributed by atoms with Crippen molar-refractivity contribution in [2.45, 2.75) is 51.7 Å². The molecule has 0 bridgehead atoms. The Kier molecular flexibility index (Phi) is 8.49. The van der Waals surface area contributed by atoms with E-state index >= 15 is 0 Å². The summed E-state index contributed by atoms with van der Waals surface area (Å²) < 4.78 is 1.86. The number of hydrogen-bond donors (Lipinski definition) is 4. The van der Waals surface area contributed by atoms with Gasteiger partial charge in [-0.15, -0.1) is 11.3 Å². The number of fused-ring (bicyclic) bond motifs is 1. The second kappa shape index (κ2) is 12.0. The van der Waals surface area contributed by atoms with E-state index in [0.29, 0.717) is 22.8 Å². The van der Waals surface area contributed by atoms with Crippen LogP contribution in [0.15, 0.2) is 53.9 Å². The summed E-state index contributed by atoms with van der Waals surface area (Å²) in [5, 5.41) is 8.06. The Bertz CT molecular complexity index is 1450. The molecule has 2 aromatic carbocycles. The van der Waals surface area contributed by atoms with Gasteiger partial charge in [-0.3, -0.25) is 19.7 Å². The molecular weight excluding hydrogens is 502 g/mol. The van der Waals surface area contributed by atoms with Gasteiger partial charge in [-0.2, -0.15) is 0 Å². The van der Waals surface area contributed by atoms with Crippen LogP contribution in [0.1, 0.15) is 41.4 Å². The van der Waals surface area contributed by atoms with Gasteiger partial charge < -0.3 is 21.4 Å². The first-order valence-electron chi connectivity index (χ1n) is 12.4. The predicted molar refractivity (Wildman–Crippen MR) is 149 cm³/mol. The van der Waals surface area contributed by atoms with Crippen LogP contribution in [0.5, 0.6) is 0 Å². The van der Waals surface area contributed by atoms with Crippen molar-refractivity contribution >= 4 is 51.0 Å². The second-order valence-corrected chi connectivity index (χ2v) is 9.93. The van der Waals surface area contributed by atoms with Gasteiger partial charge in [0.25, 0.3) is 5.91 Å². The standard InChI is InChI=1S/C27H31N7O3S/c1-3-4-12-34-21-11-10-18(24(29)36)14-20(21)31-26(34)33-25(37)22(32-27-30-16(2)15-38-27)23(35)19(28)13-17-8-6-5-7-9-17/h5-11,14-15,19,22H,3-4,12-13,28H2,1-2H3,(H2,29,36)(H,30,32)(H,31,33,37)/t19-,22-/m0/s1. The van der Waals surface area contributed by atoms with Gasteiger partial charge in [0.05, 0.1) is 22.8 Å². The number of unbranched alkanes of at least 4 members (excludes halogenated alkanes) is 1. The number of benzene rings is 2. The van der Waals surface area contributed by atoms with E-state index < -0.39 is 29.7 Å². The lowest BCUT2D eigenvalue weighted by atomic mass is 9.98. The van der Waals surface area contributed by atoms with Crippen LogP contribution in [0.3, 0.4) is 0 Å². The van der Waals surface area contributed by atoms with Crippen molar-refractivity contribution in [1.29, 1.82) is 0 Å². The highest BCUT2D eigenvalue weighted by atomic mass is 32.1. The van der Waals surface area contributed by atoms with E-state index in [2.05, 4.69) is 27.5 Å². The zero-order valence-corrected chi connectivity index (χ0v) is 22.1. The van der Waals surface area contributed by atoms with Crippen LogP contribution in [-0.2, 0) is 22.6 Å². The topological polar surface area (TPSA) is 158 Å². The van der Waals surface area contributed by atoms with E-state index in [1.54, 1.807) is 18.2 Å². The third-order valence-corrected chi connectivity index (χ3v) is 6.99. The molecule has 6 N–H and O–H groups in total. The van der Waals surface area contributed by atoms with Crippen LogP contribution in [-0.4, -0.2) is 44.2 Å². The van der Waals surface area contributed by atoms with Crippen LogP contribution in [0.25, 0.3) is 11.0 Å². The van der Waals surface area contributed by atoms with Gasteiger partial charge in [-0.05, 0) is 43.5 Å². The first-order valence-corrected chi connectivity index (χ1v) is 13.3. The minimum absolute atomic E-state index is 0.270. The number of hydrogen-bond acceptors (Lipinski definition) is 8. The molecule has 4 rings (SSSR count). The normalized spacial score (nSPS) is 12.7. The quantitative estimate of drug-likeness (QED) is 0.203. The lowest BCUT2D eigenvalue weighted by Crippen LogP contribution is -2.50. The smallest absolute Gasteiger partial charge is 0.257 e. The number of carbonyl (C=O) groups excluding carboxylic acids is 3. The number of carbonyl (C=O) groups is 3. The number of nitrogens with two attached hydrogens (primary N) is 2. The molecule has 0 aliphatic carbocycles. The average Bonchev–Trinajstić information content (AvgIpc) is 3.47. The highest BCUT2D eigenvalue weighted by molar-refractivity contribution is 7.13. The van der Waals surface area contributed by atoms with Crippen molar-refractivity contribution in [3.8, 4) is 0 Å². The molecule has 0 aliphatic heterocycles. The molecule has 0 radical (unpaired) electrons. The summed E-state index contributed by atoms with van der Waals surface area (Å²) in [6.07, 6.45) is 2.05. The van der Waals surface area contributed by atoms with E-state index in [0.717, 1.165) is 29.6 Å². The SMILES string of the molecule is CCCCn1c(NC(=O)[C@@H](Nc2nc(C)cs2)C(=O)[C@@H](N)Cc2ccccc2)nc2cc(C(N)=O)ccc21. The van der Waals surface area contributed by atoms with E-state index in [1.165, 1.54) is 11.3 Å². The highest BCUT2D eigenvalue weighted by Gasteiger charge is 2.32. The number of amides is 2.